The number of nitrogens with zero attached hydrogens (tertiary/aromatic N) is 2. The van der Waals surface area contributed by atoms with Crippen molar-refractivity contribution in [1.82, 2.24) is 10.2 Å². The average Bonchev–Trinajstić information content (AvgIpc) is 2.00. The molecule has 0 heterocycles. The molecule has 0 saturated heterocycles. The highest BCUT2D eigenvalue weighted by atomic mass is 15.3. The van der Waals surface area contributed by atoms with Crippen molar-refractivity contribution in [2.75, 3.05) is 21.1 Å². The van der Waals surface area contributed by atoms with Gasteiger partial charge in [0.15, 0.2) is 11.9 Å². The van der Waals surface area contributed by atoms with Crippen molar-refractivity contribution in [2.24, 2.45) is 10.7 Å². The summed E-state index contributed by atoms with van der Waals surface area (Å²) in [6.07, 6.45) is 0. The summed E-state index contributed by atoms with van der Waals surface area (Å²) in [6.45, 7) is 0. The van der Waals surface area contributed by atoms with Crippen molar-refractivity contribution in [3.63, 3.8) is 0 Å². The van der Waals surface area contributed by atoms with E-state index in [1.807, 2.05) is 0 Å². The summed E-state index contributed by atoms with van der Waals surface area (Å²) in [4.78, 5) is 5.14. The first-order valence-corrected chi connectivity index (χ1v) is 2.85. The third-order valence-corrected chi connectivity index (χ3v) is 1.14. The number of rotatable bonds is 0. The Labute approximate surface area is 60.4 Å². The Morgan fingerprint density at radius 3 is 2.50 bits per heavy atom. The Balaban J connectivity index is 4.08. The van der Waals surface area contributed by atoms with Crippen LogP contribution in [0.15, 0.2) is 4.99 Å². The Morgan fingerprint density at radius 2 is 2.20 bits per heavy atom. The van der Waals surface area contributed by atoms with Crippen LogP contribution in [0.4, 0.5) is 0 Å². The monoisotopic (exact) mass is 143 g/mol. The lowest BCUT2D eigenvalue weighted by atomic mass is 10.7. The predicted octanol–water partition coefficient (Wildman–Crippen LogP) is -0.983. The van der Waals surface area contributed by atoms with Gasteiger partial charge in [0.25, 0.3) is 0 Å². The molecule has 0 aliphatic carbocycles. The Kier molecular flexibility index (Phi) is 3.24. The third-order valence-electron chi connectivity index (χ3n) is 1.14. The molecule has 5 nitrogen and oxygen atoms in total. The topological polar surface area (TPSA) is 77.5 Å². The summed E-state index contributed by atoms with van der Waals surface area (Å²) in [5, 5.41) is 9.86. The lowest BCUT2D eigenvalue weighted by Gasteiger charge is -2.16. The van der Waals surface area contributed by atoms with Crippen molar-refractivity contribution in [2.45, 2.75) is 0 Å². The Bertz CT molecular complexity index is 150. The van der Waals surface area contributed by atoms with Crippen LogP contribution < -0.4 is 11.1 Å². The lowest BCUT2D eigenvalue weighted by Crippen LogP contribution is -2.43. The molecule has 0 aromatic carbocycles. The van der Waals surface area contributed by atoms with Gasteiger partial charge in [-0.1, -0.05) is 0 Å². The molecule has 0 unspecified atom stereocenters. The maximum Gasteiger partial charge on any atom is 0.197 e. The molecule has 0 saturated carbocycles. The first-order chi connectivity index (χ1) is 4.63. The highest BCUT2D eigenvalue weighted by Crippen LogP contribution is 1.79. The number of nitrogens with one attached hydrogen (secondary N) is 2. The van der Waals surface area contributed by atoms with Gasteiger partial charge in [-0.2, -0.15) is 0 Å². The van der Waals surface area contributed by atoms with Crippen LogP contribution in [0, 0.1) is 5.41 Å². The molecule has 0 aliphatic rings. The molecule has 0 atom stereocenters. The fraction of sp³-hybridized carbons (Fsp3) is 0.600. The van der Waals surface area contributed by atoms with Gasteiger partial charge in [0.05, 0.1) is 0 Å². The minimum atomic E-state index is 0.225. The summed E-state index contributed by atoms with van der Waals surface area (Å²) in [5.74, 6) is 0.544. The molecule has 10 heavy (non-hydrogen) atoms. The molecule has 0 radical (unpaired) electrons. The number of hydrogen-bond donors (Lipinski definition) is 3. The van der Waals surface area contributed by atoms with Crippen molar-refractivity contribution >= 4 is 11.9 Å². The highest BCUT2D eigenvalue weighted by Gasteiger charge is 2.03. The van der Waals surface area contributed by atoms with E-state index in [4.69, 9.17) is 11.1 Å². The zero-order valence-electron chi connectivity index (χ0n) is 6.47. The van der Waals surface area contributed by atoms with Crippen LogP contribution >= 0.6 is 0 Å². The second-order valence-electron chi connectivity index (χ2n) is 1.74. The Hall–Kier alpha value is -1.26. The van der Waals surface area contributed by atoms with E-state index in [1.54, 1.807) is 21.1 Å². The second kappa shape index (κ2) is 3.71. The maximum atomic E-state index is 7.23. The molecule has 0 aromatic rings. The van der Waals surface area contributed by atoms with Gasteiger partial charge in [0, 0.05) is 21.1 Å². The van der Waals surface area contributed by atoms with Crippen LogP contribution in [0.3, 0.4) is 0 Å². The largest absolute Gasteiger partial charge is 0.369 e. The van der Waals surface area contributed by atoms with Crippen LogP contribution in [0.1, 0.15) is 0 Å². The van der Waals surface area contributed by atoms with E-state index in [2.05, 4.69) is 10.3 Å². The fourth-order valence-electron chi connectivity index (χ4n) is 0.432. The SMILES string of the molecule is C/N=C(\N)N(C)C(=N)NC. The van der Waals surface area contributed by atoms with Crippen LogP contribution in [0.5, 0.6) is 0 Å². The van der Waals surface area contributed by atoms with E-state index in [0.29, 0.717) is 5.96 Å². The third kappa shape index (κ3) is 1.93. The number of guanidine groups is 2. The molecule has 5 heteroatoms. The number of nitrogens with two attached hydrogens (primary N) is 1. The molecule has 0 aromatic heterocycles. The molecule has 4 N–H and O–H groups in total. The molecule has 0 fully saturated rings. The van der Waals surface area contributed by atoms with Gasteiger partial charge >= 0.3 is 0 Å². The molecular weight excluding hydrogens is 130 g/mol. The minimum Gasteiger partial charge on any atom is -0.369 e. The fourth-order valence-corrected chi connectivity index (χ4v) is 0.432. The minimum absolute atomic E-state index is 0.225. The normalized spacial score (nSPS) is 10.9. The molecular formula is C5H13N5. The van der Waals surface area contributed by atoms with Crippen molar-refractivity contribution in [1.29, 1.82) is 5.41 Å². The van der Waals surface area contributed by atoms with Gasteiger partial charge < -0.3 is 11.1 Å². The second-order valence-corrected chi connectivity index (χ2v) is 1.74. The summed E-state index contributed by atoms with van der Waals surface area (Å²) < 4.78 is 0. The van der Waals surface area contributed by atoms with Crippen molar-refractivity contribution < 1.29 is 0 Å². The van der Waals surface area contributed by atoms with Crippen molar-refractivity contribution in [3.8, 4) is 0 Å². The molecule has 0 rings (SSSR count). The van der Waals surface area contributed by atoms with Gasteiger partial charge in [-0.25, -0.2) is 0 Å². The summed E-state index contributed by atoms with van der Waals surface area (Å²) in [7, 11) is 4.90. The number of hydrogen-bond acceptors (Lipinski definition) is 2. The summed E-state index contributed by atoms with van der Waals surface area (Å²) in [5.41, 5.74) is 5.39. The first-order valence-electron chi connectivity index (χ1n) is 2.85. The van der Waals surface area contributed by atoms with E-state index >= 15 is 0 Å². The summed E-state index contributed by atoms with van der Waals surface area (Å²) >= 11 is 0. The van der Waals surface area contributed by atoms with Crippen LogP contribution in [0.25, 0.3) is 0 Å². The van der Waals surface area contributed by atoms with E-state index in [0.717, 1.165) is 0 Å². The Morgan fingerprint density at radius 1 is 1.70 bits per heavy atom. The van der Waals surface area contributed by atoms with E-state index in [-0.39, 0.29) is 5.96 Å². The van der Waals surface area contributed by atoms with Gasteiger partial charge in [0.1, 0.15) is 0 Å². The van der Waals surface area contributed by atoms with Gasteiger partial charge in [-0.3, -0.25) is 15.3 Å². The summed E-state index contributed by atoms with van der Waals surface area (Å²) in [6, 6.07) is 0. The first kappa shape index (κ1) is 8.74. The van der Waals surface area contributed by atoms with Crippen molar-refractivity contribution in [3.05, 3.63) is 0 Å². The molecule has 0 bridgehead atoms. The van der Waals surface area contributed by atoms with Crippen LogP contribution in [-0.2, 0) is 0 Å². The smallest absolute Gasteiger partial charge is 0.197 e. The van der Waals surface area contributed by atoms with Gasteiger partial charge in [-0.15, -0.1) is 0 Å². The quantitative estimate of drug-likeness (QED) is 0.301. The zero-order chi connectivity index (χ0) is 8.15. The van der Waals surface area contributed by atoms with E-state index in [9.17, 15) is 0 Å². The predicted molar refractivity (Wildman–Crippen MR) is 42.1 cm³/mol. The molecule has 0 amide bonds. The molecule has 0 spiro atoms. The molecule has 0 aliphatic heterocycles. The number of aliphatic imine (C=N–C) groups is 1. The standard InChI is InChI=1S/C5H13N5/c1-8-4(6)10(3)5(7)9-2/h1-3H3,(H2,6,8)(H2,7,9). The lowest BCUT2D eigenvalue weighted by molar-refractivity contribution is 0.696. The van der Waals surface area contributed by atoms with E-state index in [1.165, 1.54) is 4.90 Å². The van der Waals surface area contributed by atoms with Crippen LogP contribution in [-0.4, -0.2) is 38.0 Å². The van der Waals surface area contributed by atoms with Gasteiger partial charge in [0.2, 0.25) is 0 Å². The molecule has 58 valence electrons. The van der Waals surface area contributed by atoms with Gasteiger partial charge in [-0.05, 0) is 0 Å². The average molecular weight is 143 g/mol. The highest BCUT2D eigenvalue weighted by molar-refractivity contribution is 5.95. The van der Waals surface area contributed by atoms with E-state index < -0.39 is 0 Å². The zero-order valence-corrected chi connectivity index (χ0v) is 6.47. The maximum absolute atomic E-state index is 7.23. The van der Waals surface area contributed by atoms with Crippen LogP contribution in [0.2, 0.25) is 0 Å².